The van der Waals surface area contributed by atoms with Gasteiger partial charge in [0, 0.05) is 10.9 Å². The van der Waals surface area contributed by atoms with E-state index in [1.807, 2.05) is 37.4 Å². The monoisotopic (exact) mass is 245 g/mol. The van der Waals surface area contributed by atoms with Crippen molar-refractivity contribution < 1.29 is 8.42 Å². The highest BCUT2D eigenvalue weighted by Gasteiger charge is 2.10. The third-order valence-corrected chi connectivity index (χ3v) is 3.53. The van der Waals surface area contributed by atoms with Gasteiger partial charge in [-0.15, -0.1) is 11.8 Å². The molecule has 0 amide bonds. The molecule has 0 spiro atoms. The van der Waals surface area contributed by atoms with Crippen LogP contribution in [0.4, 0.5) is 0 Å². The van der Waals surface area contributed by atoms with Crippen LogP contribution in [0.1, 0.15) is 18.5 Å². The van der Waals surface area contributed by atoms with E-state index in [1.54, 1.807) is 11.8 Å². The lowest BCUT2D eigenvalue weighted by Gasteiger charge is -2.12. The first kappa shape index (κ1) is 12.5. The Bertz CT molecular complexity index is 412. The number of hydrogen-bond acceptors (Lipinski definition) is 3. The lowest BCUT2D eigenvalue weighted by atomic mass is 10.1. The summed E-state index contributed by atoms with van der Waals surface area (Å²) in [6.07, 6.45) is 3.17. The van der Waals surface area contributed by atoms with E-state index >= 15 is 0 Å². The fourth-order valence-corrected chi connectivity index (χ4v) is 2.47. The predicted octanol–water partition coefficient (Wildman–Crippen LogP) is 2.02. The van der Waals surface area contributed by atoms with Gasteiger partial charge in [0.05, 0.1) is 6.26 Å². The van der Waals surface area contributed by atoms with Crippen molar-refractivity contribution in [1.82, 2.24) is 4.72 Å². The molecule has 1 atom stereocenters. The molecule has 1 aromatic carbocycles. The summed E-state index contributed by atoms with van der Waals surface area (Å²) in [6, 6.07) is 7.67. The van der Waals surface area contributed by atoms with Crippen LogP contribution >= 0.6 is 11.8 Å². The molecule has 0 radical (unpaired) electrons. The largest absolute Gasteiger partial charge is 0.213 e. The van der Waals surface area contributed by atoms with Crippen molar-refractivity contribution in [2.24, 2.45) is 0 Å². The first-order chi connectivity index (χ1) is 6.92. The van der Waals surface area contributed by atoms with E-state index in [4.69, 9.17) is 0 Å². The third kappa shape index (κ3) is 4.24. The number of rotatable bonds is 4. The molecule has 0 bridgehead atoms. The van der Waals surface area contributed by atoms with Gasteiger partial charge in [-0.1, -0.05) is 12.1 Å². The lowest BCUT2D eigenvalue weighted by molar-refractivity contribution is 0.573. The van der Waals surface area contributed by atoms with Crippen molar-refractivity contribution in [1.29, 1.82) is 0 Å². The molecule has 0 heterocycles. The van der Waals surface area contributed by atoms with E-state index in [1.165, 1.54) is 11.2 Å². The molecule has 1 aromatic rings. The summed E-state index contributed by atoms with van der Waals surface area (Å²) in [5, 5.41) is 0. The highest BCUT2D eigenvalue weighted by Crippen LogP contribution is 2.19. The van der Waals surface area contributed by atoms with Gasteiger partial charge in [-0.3, -0.25) is 0 Å². The summed E-state index contributed by atoms with van der Waals surface area (Å²) in [7, 11) is -3.14. The summed E-state index contributed by atoms with van der Waals surface area (Å²) < 4.78 is 24.6. The van der Waals surface area contributed by atoms with E-state index in [9.17, 15) is 8.42 Å². The molecule has 1 rings (SSSR count). The summed E-state index contributed by atoms with van der Waals surface area (Å²) in [4.78, 5) is 1.17. The number of thioether (sulfide) groups is 1. The average Bonchev–Trinajstić information content (AvgIpc) is 2.15. The quantitative estimate of drug-likeness (QED) is 0.826. The van der Waals surface area contributed by atoms with Crippen LogP contribution in [-0.4, -0.2) is 20.9 Å². The maximum atomic E-state index is 11.0. The van der Waals surface area contributed by atoms with Crippen molar-refractivity contribution in [3.05, 3.63) is 29.8 Å². The number of nitrogens with one attached hydrogen (secondary N) is 1. The van der Waals surface area contributed by atoms with Gasteiger partial charge in [-0.25, -0.2) is 13.1 Å². The van der Waals surface area contributed by atoms with E-state index in [-0.39, 0.29) is 6.04 Å². The second kappa shape index (κ2) is 5.01. The molecule has 0 aromatic heterocycles. The number of hydrogen-bond donors (Lipinski definition) is 1. The van der Waals surface area contributed by atoms with Crippen molar-refractivity contribution in [2.75, 3.05) is 12.5 Å². The van der Waals surface area contributed by atoms with Crippen LogP contribution in [0.25, 0.3) is 0 Å². The Morgan fingerprint density at radius 3 is 2.20 bits per heavy atom. The minimum absolute atomic E-state index is 0.184. The van der Waals surface area contributed by atoms with Crippen LogP contribution in [0, 0.1) is 0 Å². The Morgan fingerprint density at radius 1 is 1.27 bits per heavy atom. The second-order valence-corrected chi connectivity index (χ2v) is 6.04. The van der Waals surface area contributed by atoms with Crippen LogP contribution in [0.5, 0.6) is 0 Å². The highest BCUT2D eigenvalue weighted by atomic mass is 32.2. The Kier molecular flexibility index (Phi) is 4.19. The molecule has 0 unspecified atom stereocenters. The maximum absolute atomic E-state index is 11.0. The standard InChI is InChI=1S/C10H15NO2S2/c1-8(11-15(3,12)13)9-4-6-10(14-2)7-5-9/h4-8,11H,1-3H3/t8-/m0/s1. The topological polar surface area (TPSA) is 46.2 Å². The van der Waals surface area contributed by atoms with Crippen LogP contribution in [0.3, 0.4) is 0 Å². The van der Waals surface area contributed by atoms with Crippen LogP contribution in [0.2, 0.25) is 0 Å². The highest BCUT2D eigenvalue weighted by molar-refractivity contribution is 7.98. The van der Waals surface area contributed by atoms with Gasteiger partial charge in [0.15, 0.2) is 0 Å². The second-order valence-electron chi connectivity index (χ2n) is 3.38. The maximum Gasteiger partial charge on any atom is 0.209 e. The molecule has 5 heteroatoms. The minimum Gasteiger partial charge on any atom is -0.213 e. The zero-order chi connectivity index (χ0) is 11.5. The Balaban J connectivity index is 2.78. The first-order valence-electron chi connectivity index (χ1n) is 4.53. The van der Waals surface area contributed by atoms with Crippen LogP contribution < -0.4 is 4.72 Å². The first-order valence-corrected chi connectivity index (χ1v) is 7.65. The molecular formula is C10H15NO2S2. The summed E-state index contributed by atoms with van der Waals surface area (Å²) in [6.45, 7) is 1.83. The van der Waals surface area contributed by atoms with Crippen molar-refractivity contribution >= 4 is 21.8 Å². The molecule has 0 saturated carbocycles. The zero-order valence-electron chi connectivity index (χ0n) is 9.02. The Hall–Kier alpha value is -0.520. The minimum atomic E-state index is -3.14. The van der Waals surface area contributed by atoms with Crippen molar-refractivity contribution in [3.8, 4) is 0 Å². The van der Waals surface area contributed by atoms with Crippen molar-refractivity contribution in [2.45, 2.75) is 17.9 Å². The van der Waals surface area contributed by atoms with Gasteiger partial charge >= 0.3 is 0 Å². The Morgan fingerprint density at radius 2 is 1.80 bits per heavy atom. The van der Waals surface area contributed by atoms with Gasteiger partial charge in [0.2, 0.25) is 10.0 Å². The fraction of sp³-hybridized carbons (Fsp3) is 0.400. The molecule has 0 aliphatic rings. The molecule has 1 N–H and O–H groups in total. The molecule has 0 fully saturated rings. The van der Waals surface area contributed by atoms with Gasteiger partial charge in [-0.2, -0.15) is 0 Å². The molecule has 84 valence electrons. The number of benzene rings is 1. The molecule has 0 aliphatic carbocycles. The summed E-state index contributed by atoms with van der Waals surface area (Å²) >= 11 is 1.66. The summed E-state index contributed by atoms with van der Waals surface area (Å²) in [5.74, 6) is 0. The van der Waals surface area contributed by atoms with Crippen LogP contribution in [0.15, 0.2) is 29.2 Å². The summed E-state index contributed by atoms with van der Waals surface area (Å²) in [5.41, 5.74) is 0.971. The Labute approximate surface area is 95.3 Å². The zero-order valence-corrected chi connectivity index (χ0v) is 10.7. The predicted molar refractivity (Wildman–Crippen MR) is 64.6 cm³/mol. The van der Waals surface area contributed by atoms with Gasteiger partial charge in [-0.05, 0) is 30.9 Å². The smallest absolute Gasteiger partial charge is 0.209 e. The number of sulfonamides is 1. The molecule has 15 heavy (non-hydrogen) atoms. The van der Waals surface area contributed by atoms with Gasteiger partial charge < -0.3 is 0 Å². The molecule has 3 nitrogen and oxygen atoms in total. The van der Waals surface area contributed by atoms with E-state index in [0.717, 1.165) is 5.56 Å². The van der Waals surface area contributed by atoms with E-state index < -0.39 is 10.0 Å². The molecular weight excluding hydrogens is 230 g/mol. The lowest BCUT2D eigenvalue weighted by Crippen LogP contribution is -2.25. The van der Waals surface area contributed by atoms with Gasteiger partial charge in [0.1, 0.15) is 0 Å². The third-order valence-electron chi connectivity index (χ3n) is 2.01. The fourth-order valence-electron chi connectivity index (χ4n) is 1.28. The molecule has 0 aliphatic heterocycles. The van der Waals surface area contributed by atoms with Crippen LogP contribution in [-0.2, 0) is 10.0 Å². The van der Waals surface area contributed by atoms with E-state index in [0.29, 0.717) is 0 Å². The average molecular weight is 245 g/mol. The van der Waals surface area contributed by atoms with Crippen molar-refractivity contribution in [3.63, 3.8) is 0 Å². The molecule has 0 saturated heterocycles. The SMILES string of the molecule is CSc1ccc([C@H](C)NS(C)(=O)=O)cc1. The van der Waals surface area contributed by atoms with E-state index in [2.05, 4.69) is 4.72 Å². The van der Waals surface area contributed by atoms with Gasteiger partial charge in [0.25, 0.3) is 0 Å². The normalized spacial score (nSPS) is 13.8.